The quantitative estimate of drug-likeness (QED) is 0.230. The van der Waals surface area contributed by atoms with Crippen LogP contribution < -0.4 is 34.7 Å². The standard InChI is InChI=1S/C14H30N2.HI/c1-4-5-6-7-8-9-10-11-12-13(2)14(15)16-3;/h13H,4-12H2,1-3H3,(H2,15,16);1H. The maximum atomic E-state index is 5.82. The van der Waals surface area contributed by atoms with E-state index in [2.05, 4.69) is 18.8 Å². The Labute approximate surface area is 125 Å². The summed E-state index contributed by atoms with van der Waals surface area (Å²) < 4.78 is 0. The van der Waals surface area contributed by atoms with E-state index in [-0.39, 0.29) is 24.0 Å². The summed E-state index contributed by atoms with van der Waals surface area (Å²) in [5.41, 5.74) is 5.82. The second kappa shape index (κ2) is 14.3. The van der Waals surface area contributed by atoms with Gasteiger partial charge in [-0.15, -0.1) is 0 Å². The summed E-state index contributed by atoms with van der Waals surface area (Å²) >= 11 is 0. The smallest absolute Gasteiger partial charge is 0.243 e. The zero-order valence-corrected chi connectivity index (χ0v) is 14.1. The van der Waals surface area contributed by atoms with Gasteiger partial charge in [-0.05, 0) is 6.42 Å². The number of hydrogen-bond acceptors (Lipinski definition) is 0. The third kappa shape index (κ3) is 12.4. The minimum atomic E-state index is 0. The molecule has 0 saturated carbocycles. The van der Waals surface area contributed by atoms with Gasteiger partial charge in [0.2, 0.25) is 5.84 Å². The molecule has 2 nitrogen and oxygen atoms in total. The Bertz CT molecular complexity index is 181. The van der Waals surface area contributed by atoms with Crippen LogP contribution in [0.25, 0.3) is 0 Å². The molecule has 0 aromatic rings. The maximum absolute atomic E-state index is 5.82. The van der Waals surface area contributed by atoms with Crippen molar-refractivity contribution >= 4 is 5.84 Å². The fourth-order valence-electron chi connectivity index (χ4n) is 1.99. The van der Waals surface area contributed by atoms with Crippen LogP contribution in [-0.4, -0.2) is 12.9 Å². The molecule has 0 heterocycles. The number of nitrogens with two attached hydrogens (primary N) is 1. The van der Waals surface area contributed by atoms with Gasteiger partial charge in [-0.1, -0.05) is 65.2 Å². The van der Waals surface area contributed by atoms with Crippen LogP contribution in [-0.2, 0) is 0 Å². The highest BCUT2D eigenvalue weighted by atomic mass is 127. The molecule has 0 aromatic carbocycles. The largest absolute Gasteiger partial charge is 1.00 e. The molecule has 1 unspecified atom stereocenters. The molecular formula is C14H31IN2. The second-order valence-electron chi connectivity index (χ2n) is 4.87. The highest BCUT2D eigenvalue weighted by molar-refractivity contribution is 5.76. The molecule has 0 saturated heterocycles. The van der Waals surface area contributed by atoms with E-state index in [1.165, 1.54) is 57.8 Å². The number of rotatable bonds is 10. The highest BCUT2D eigenvalue weighted by Crippen LogP contribution is 2.12. The van der Waals surface area contributed by atoms with Gasteiger partial charge in [0.05, 0.1) is 13.0 Å². The van der Waals surface area contributed by atoms with E-state index >= 15 is 0 Å². The first-order chi connectivity index (χ1) is 7.72. The van der Waals surface area contributed by atoms with E-state index in [1.807, 2.05) is 7.05 Å². The van der Waals surface area contributed by atoms with E-state index in [1.54, 1.807) is 0 Å². The van der Waals surface area contributed by atoms with Crippen LogP contribution in [0.2, 0.25) is 0 Å². The Balaban J connectivity index is 0. The molecule has 1 atom stereocenters. The molecule has 0 radical (unpaired) electrons. The van der Waals surface area contributed by atoms with Gasteiger partial charge in [-0.2, -0.15) is 0 Å². The number of amidine groups is 1. The first-order valence-corrected chi connectivity index (χ1v) is 7.02. The molecule has 17 heavy (non-hydrogen) atoms. The zero-order valence-electron chi connectivity index (χ0n) is 11.9. The third-order valence-electron chi connectivity index (χ3n) is 3.31. The van der Waals surface area contributed by atoms with E-state index in [4.69, 9.17) is 5.73 Å². The second-order valence-corrected chi connectivity index (χ2v) is 4.87. The van der Waals surface area contributed by atoms with Crippen molar-refractivity contribution in [3.63, 3.8) is 0 Å². The van der Waals surface area contributed by atoms with Gasteiger partial charge in [0.1, 0.15) is 0 Å². The van der Waals surface area contributed by atoms with Gasteiger partial charge in [0.15, 0.2) is 0 Å². The number of halogens is 1. The third-order valence-corrected chi connectivity index (χ3v) is 3.31. The van der Waals surface area contributed by atoms with Crippen molar-refractivity contribution in [2.45, 2.75) is 71.6 Å². The summed E-state index contributed by atoms with van der Waals surface area (Å²) in [5, 5.41) is 0. The van der Waals surface area contributed by atoms with Crippen LogP contribution in [0.1, 0.15) is 71.6 Å². The molecule has 3 heteroatoms. The lowest BCUT2D eigenvalue weighted by atomic mass is 10.0. The summed E-state index contributed by atoms with van der Waals surface area (Å²) in [4.78, 5) is 3.03. The first-order valence-electron chi connectivity index (χ1n) is 7.02. The molecule has 0 rings (SSSR count). The lowest BCUT2D eigenvalue weighted by Gasteiger charge is -2.06. The summed E-state index contributed by atoms with van der Waals surface area (Å²) in [6.45, 7) is 4.47. The molecule has 0 aromatic heterocycles. The van der Waals surface area contributed by atoms with Crippen LogP contribution in [0.5, 0.6) is 0 Å². The molecule has 0 amide bonds. The average Bonchev–Trinajstić information content (AvgIpc) is 2.31. The van der Waals surface area contributed by atoms with Crippen molar-refractivity contribution < 1.29 is 29.0 Å². The van der Waals surface area contributed by atoms with Crippen LogP contribution in [0.4, 0.5) is 0 Å². The molecule has 0 spiro atoms. The monoisotopic (exact) mass is 354 g/mol. The number of hydrogen-bond donors (Lipinski definition) is 2. The van der Waals surface area contributed by atoms with Crippen molar-refractivity contribution in [1.29, 1.82) is 0 Å². The zero-order chi connectivity index (χ0) is 12.2. The van der Waals surface area contributed by atoms with Gasteiger partial charge >= 0.3 is 0 Å². The average molecular weight is 354 g/mol. The van der Waals surface area contributed by atoms with Gasteiger partial charge in [0.25, 0.3) is 0 Å². The molecule has 104 valence electrons. The van der Waals surface area contributed by atoms with Crippen LogP contribution in [0.15, 0.2) is 0 Å². The molecule has 0 aliphatic heterocycles. The Hall–Kier alpha value is 0.200. The minimum Gasteiger partial charge on any atom is -1.00 e. The van der Waals surface area contributed by atoms with Gasteiger partial charge in [-0.25, -0.2) is 0 Å². The predicted octanol–water partition coefficient (Wildman–Crippen LogP) is -0.775. The topological polar surface area (TPSA) is 40.0 Å². The lowest BCUT2D eigenvalue weighted by molar-refractivity contribution is -0.424. The van der Waals surface area contributed by atoms with Crippen molar-refractivity contribution in [2.24, 2.45) is 11.7 Å². The molecular weight excluding hydrogens is 323 g/mol. The van der Waals surface area contributed by atoms with Crippen molar-refractivity contribution in [2.75, 3.05) is 7.05 Å². The molecule has 3 N–H and O–H groups in total. The summed E-state index contributed by atoms with van der Waals surface area (Å²) in [5.74, 6) is 1.45. The van der Waals surface area contributed by atoms with Crippen molar-refractivity contribution in [3.8, 4) is 0 Å². The molecule has 0 bridgehead atoms. The number of nitrogens with one attached hydrogen (secondary N) is 1. The fraction of sp³-hybridized carbons (Fsp3) is 0.929. The van der Waals surface area contributed by atoms with Crippen molar-refractivity contribution in [3.05, 3.63) is 0 Å². The van der Waals surface area contributed by atoms with Crippen LogP contribution >= 0.6 is 0 Å². The normalized spacial score (nSPS) is 13.2. The lowest BCUT2D eigenvalue weighted by Crippen LogP contribution is -3.00. The van der Waals surface area contributed by atoms with E-state index in [9.17, 15) is 0 Å². The van der Waals surface area contributed by atoms with Crippen LogP contribution in [0, 0.1) is 5.92 Å². The highest BCUT2D eigenvalue weighted by Gasteiger charge is 2.09. The van der Waals surface area contributed by atoms with Gasteiger partial charge in [-0.3, -0.25) is 10.7 Å². The van der Waals surface area contributed by atoms with Gasteiger partial charge < -0.3 is 24.0 Å². The maximum Gasteiger partial charge on any atom is 0.243 e. The molecule has 0 aliphatic carbocycles. The van der Waals surface area contributed by atoms with Crippen LogP contribution in [0.3, 0.4) is 0 Å². The minimum absolute atomic E-state index is 0. The summed E-state index contributed by atoms with van der Waals surface area (Å²) in [6.07, 6.45) is 12.3. The summed E-state index contributed by atoms with van der Waals surface area (Å²) in [6, 6.07) is 0. The Morgan fingerprint density at radius 2 is 1.47 bits per heavy atom. The van der Waals surface area contributed by atoms with E-state index < -0.39 is 0 Å². The molecule has 0 fully saturated rings. The van der Waals surface area contributed by atoms with E-state index in [0.717, 1.165) is 5.84 Å². The summed E-state index contributed by atoms with van der Waals surface area (Å²) in [7, 11) is 1.90. The molecule has 0 aliphatic rings. The fourth-order valence-corrected chi connectivity index (χ4v) is 1.99. The van der Waals surface area contributed by atoms with Gasteiger partial charge in [0, 0.05) is 0 Å². The SMILES string of the molecule is CCCCCCCCCCC(C)C(N)=[NH+]C.[I-]. The Kier molecular flexibility index (Phi) is 16.4. The number of unbranched alkanes of at least 4 members (excludes halogenated alkanes) is 7. The Morgan fingerprint density at radius 3 is 1.94 bits per heavy atom. The van der Waals surface area contributed by atoms with E-state index in [0.29, 0.717) is 5.92 Å². The Morgan fingerprint density at radius 1 is 1.00 bits per heavy atom. The first kappa shape index (κ1) is 19.5. The van der Waals surface area contributed by atoms with Crippen molar-refractivity contribution in [1.82, 2.24) is 0 Å². The predicted molar refractivity (Wildman–Crippen MR) is 72.5 cm³/mol.